The molecule has 3 fully saturated rings. The maximum Gasteiger partial charge on any atom is 0.322 e. The predicted molar refractivity (Wildman–Crippen MR) is 87.6 cm³/mol. The van der Waals surface area contributed by atoms with Gasteiger partial charge in [0.25, 0.3) is 0 Å². The van der Waals surface area contributed by atoms with Crippen molar-refractivity contribution in [2.75, 3.05) is 25.0 Å². The lowest BCUT2D eigenvalue weighted by molar-refractivity contribution is 0.201. The van der Waals surface area contributed by atoms with Crippen LogP contribution < -0.4 is 15.4 Å². The van der Waals surface area contributed by atoms with Crippen molar-refractivity contribution >= 4 is 11.7 Å². The van der Waals surface area contributed by atoms with Crippen LogP contribution in [0.5, 0.6) is 5.88 Å². The Hall–Kier alpha value is -1.82. The minimum atomic E-state index is -0.0209. The first-order valence-electron chi connectivity index (χ1n) is 8.70. The van der Waals surface area contributed by atoms with Crippen molar-refractivity contribution in [3.63, 3.8) is 0 Å². The Morgan fingerprint density at radius 3 is 2.91 bits per heavy atom. The molecule has 0 bridgehead atoms. The number of rotatable bonds is 3. The number of carbonyl (C=O) groups excluding carboxylic acids is 1. The number of nitrogens with zero attached hydrogens (tertiary/aromatic N) is 2. The number of nitrogens with one attached hydrogen (secondary N) is 2. The van der Waals surface area contributed by atoms with E-state index in [4.69, 9.17) is 4.74 Å². The zero-order valence-electron chi connectivity index (χ0n) is 13.3. The van der Waals surface area contributed by atoms with E-state index in [1.165, 1.54) is 12.8 Å². The van der Waals surface area contributed by atoms with Gasteiger partial charge in [-0.15, -0.1) is 0 Å². The van der Waals surface area contributed by atoms with Crippen molar-refractivity contribution in [3.05, 3.63) is 18.3 Å². The molecule has 6 nitrogen and oxygen atoms in total. The van der Waals surface area contributed by atoms with Crippen molar-refractivity contribution < 1.29 is 9.53 Å². The lowest BCUT2D eigenvalue weighted by Gasteiger charge is -2.23. The first-order valence-corrected chi connectivity index (χ1v) is 8.70. The summed E-state index contributed by atoms with van der Waals surface area (Å²) in [6.45, 7) is 2.78. The van der Waals surface area contributed by atoms with Gasteiger partial charge >= 0.3 is 6.03 Å². The monoisotopic (exact) mass is 316 g/mol. The number of ether oxygens (including phenoxy) is 1. The molecule has 2 amide bonds. The largest absolute Gasteiger partial charge is 0.474 e. The summed E-state index contributed by atoms with van der Waals surface area (Å²) in [5.41, 5.74) is 0.725. The van der Waals surface area contributed by atoms with Gasteiger partial charge in [0, 0.05) is 31.7 Å². The molecule has 1 aromatic heterocycles. The molecule has 2 atom stereocenters. The van der Waals surface area contributed by atoms with Gasteiger partial charge in [0.05, 0.1) is 11.9 Å². The van der Waals surface area contributed by atoms with Gasteiger partial charge in [-0.2, -0.15) is 0 Å². The van der Waals surface area contributed by atoms with Crippen molar-refractivity contribution in [1.29, 1.82) is 0 Å². The number of hydrogen-bond donors (Lipinski definition) is 2. The summed E-state index contributed by atoms with van der Waals surface area (Å²) in [4.78, 5) is 18.7. The van der Waals surface area contributed by atoms with Crippen molar-refractivity contribution in [2.45, 2.75) is 44.2 Å². The second kappa shape index (κ2) is 6.35. The molecule has 0 spiro atoms. The summed E-state index contributed by atoms with van der Waals surface area (Å²) in [5, 5.41) is 6.32. The topological polar surface area (TPSA) is 66.5 Å². The summed E-state index contributed by atoms with van der Waals surface area (Å²) in [7, 11) is 0. The van der Waals surface area contributed by atoms with Gasteiger partial charge in [0.1, 0.15) is 6.10 Å². The fourth-order valence-electron chi connectivity index (χ4n) is 4.00. The highest BCUT2D eigenvalue weighted by Crippen LogP contribution is 2.28. The Morgan fingerprint density at radius 2 is 2.13 bits per heavy atom. The third-order valence-corrected chi connectivity index (χ3v) is 5.28. The number of anilines is 1. The summed E-state index contributed by atoms with van der Waals surface area (Å²) in [6, 6.07) is 4.04. The van der Waals surface area contributed by atoms with Crippen LogP contribution in [0.25, 0.3) is 0 Å². The molecular weight excluding hydrogens is 292 g/mol. The van der Waals surface area contributed by atoms with E-state index in [1.807, 2.05) is 17.0 Å². The molecule has 3 heterocycles. The highest BCUT2D eigenvalue weighted by Gasteiger charge is 2.39. The van der Waals surface area contributed by atoms with Gasteiger partial charge in [-0.1, -0.05) is 0 Å². The first-order chi connectivity index (χ1) is 11.3. The van der Waals surface area contributed by atoms with E-state index < -0.39 is 0 Å². The minimum absolute atomic E-state index is 0.0209. The van der Waals surface area contributed by atoms with Crippen LogP contribution in [-0.2, 0) is 0 Å². The standard InChI is InChI=1S/C17H24N4O2/c22-17(21-8-7-12-9-18-11-15(12)21)20-13-5-6-16(19-10-13)23-14-3-1-2-4-14/h5-6,10,12,14-15,18H,1-4,7-9,11H2,(H,20,22)/t12-,15+/m1/s1. The smallest absolute Gasteiger partial charge is 0.322 e. The van der Waals surface area contributed by atoms with Gasteiger partial charge in [-0.05, 0) is 44.1 Å². The molecule has 124 valence electrons. The molecule has 2 saturated heterocycles. The molecule has 1 aromatic rings. The Morgan fingerprint density at radius 1 is 1.26 bits per heavy atom. The van der Waals surface area contributed by atoms with E-state index in [2.05, 4.69) is 15.6 Å². The van der Waals surface area contributed by atoms with Gasteiger partial charge in [0.15, 0.2) is 0 Å². The molecule has 1 aliphatic carbocycles. The Balaban J connectivity index is 1.34. The molecule has 0 unspecified atom stereocenters. The van der Waals surface area contributed by atoms with Crippen LogP contribution in [0, 0.1) is 5.92 Å². The van der Waals surface area contributed by atoms with Crippen LogP contribution in [0.1, 0.15) is 32.1 Å². The zero-order valence-corrected chi connectivity index (χ0v) is 13.3. The van der Waals surface area contributed by atoms with Crippen molar-refractivity contribution in [3.8, 4) is 5.88 Å². The molecule has 6 heteroatoms. The van der Waals surface area contributed by atoms with Gasteiger partial charge in [0.2, 0.25) is 5.88 Å². The number of carbonyl (C=O) groups is 1. The highest BCUT2D eigenvalue weighted by atomic mass is 16.5. The second-order valence-corrected chi connectivity index (χ2v) is 6.81. The second-order valence-electron chi connectivity index (χ2n) is 6.81. The zero-order chi connectivity index (χ0) is 15.6. The lowest BCUT2D eigenvalue weighted by Crippen LogP contribution is -2.41. The number of amides is 2. The molecule has 2 N–H and O–H groups in total. The number of likely N-dealkylation sites (tertiary alicyclic amines) is 1. The van der Waals surface area contributed by atoms with E-state index in [9.17, 15) is 4.79 Å². The first kappa shape index (κ1) is 14.8. The van der Waals surface area contributed by atoms with Crippen LogP contribution in [0.15, 0.2) is 18.3 Å². The van der Waals surface area contributed by atoms with E-state index in [0.29, 0.717) is 23.9 Å². The number of fused-ring (bicyclic) bond motifs is 1. The third kappa shape index (κ3) is 3.13. The molecule has 0 aromatic carbocycles. The predicted octanol–water partition coefficient (Wildman–Crippen LogP) is 2.23. The van der Waals surface area contributed by atoms with E-state index in [1.54, 1.807) is 6.20 Å². The Labute approximate surface area is 136 Å². The Kier molecular flexibility index (Phi) is 4.08. The van der Waals surface area contributed by atoms with Crippen LogP contribution in [-0.4, -0.2) is 47.7 Å². The van der Waals surface area contributed by atoms with Crippen LogP contribution in [0.2, 0.25) is 0 Å². The van der Waals surface area contributed by atoms with Gasteiger partial charge in [-0.3, -0.25) is 0 Å². The normalized spacial score (nSPS) is 27.2. The average Bonchev–Trinajstić information content (AvgIpc) is 3.26. The van der Waals surface area contributed by atoms with Crippen molar-refractivity contribution in [1.82, 2.24) is 15.2 Å². The van der Waals surface area contributed by atoms with E-state index >= 15 is 0 Å². The van der Waals surface area contributed by atoms with Gasteiger partial charge in [-0.25, -0.2) is 9.78 Å². The summed E-state index contributed by atoms with van der Waals surface area (Å²) < 4.78 is 5.85. The molecule has 2 aliphatic heterocycles. The highest BCUT2D eigenvalue weighted by molar-refractivity contribution is 5.89. The van der Waals surface area contributed by atoms with Crippen molar-refractivity contribution in [2.24, 2.45) is 5.92 Å². The van der Waals surface area contributed by atoms with Crippen LogP contribution in [0.3, 0.4) is 0 Å². The molecule has 3 aliphatic rings. The van der Waals surface area contributed by atoms with E-state index in [0.717, 1.165) is 44.6 Å². The third-order valence-electron chi connectivity index (χ3n) is 5.28. The van der Waals surface area contributed by atoms with Crippen LogP contribution >= 0.6 is 0 Å². The quantitative estimate of drug-likeness (QED) is 0.897. The minimum Gasteiger partial charge on any atom is -0.474 e. The summed E-state index contributed by atoms with van der Waals surface area (Å²) >= 11 is 0. The molecule has 23 heavy (non-hydrogen) atoms. The average molecular weight is 316 g/mol. The number of hydrogen-bond acceptors (Lipinski definition) is 4. The number of aromatic nitrogens is 1. The maximum absolute atomic E-state index is 12.4. The Bertz CT molecular complexity index is 556. The van der Waals surface area contributed by atoms with E-state index in [-0.39, 0.29) is 6.03 Å². The fraction of sp³-hybridized carbons (Fsp3) is 0.647. The molecule has 1 saturated carbocycles. The summed E-state index contributed by atoms with van der Waals surface area (Å²) in [5.74, 6) is 1.26. The number of pyridine rings is 1. The fourth-order valence-corrected chi connectivity index (χ4v) is 4.00. The van der Waals surface area contributed by atoms with Gasteiger partial charge < -0.3 is 20.3 Å². The summed E-state index contributed by atoms with van der Waals surface area (Å²) in [6.07, 6.45) is 7.80. The SMILES string of the molecule is O=C(Nc1ccc(OC2CCCC2)nc1)N1CC[C@@H]2CNC[C@@H]21. The lowest BCUT2D eigenvalue weighted by atomic mass is 10.1. The van der Waals surface area contributed by atoms with Crippen LogP contribution in [0.4, 0.5) is 10.5 Å². The maximum atomic E-state index is 12.4. The molecular formula is C17H24N4O2. The molecule has 4 rings (SSSR count). The number of urea groups is 1. The molecule has 0 radical (unpaired) electrons.